The van der Waals surface area contributed by atoms with Crippen LogP contribution in [0.25, 0.3) is 0 Å². The van der Waals surface area contributed by atoms with Crippen LogP contribution in [0, 0.1) is 17.2 Å². The van der Waals surface area contributed by atoms with E-state index < -0.39 is 5.97 Å². The lowest BCUT2D eigenvalue weighted by Crippen LogP contribution is -2.03. The van der Waals surface area contributed by atoms with E-state index in [9.17, 15) is 4.79 Å². The van der Waals surface area contributed by atoms with Gasteiger partial charge >= 0.3 is 5.97 Å². The van der Waals surface area contributed by atoms with E-state index in [4.69, 9.17) is 17.1 Å². The molecule has 0 saturated heterocycles. The lowest BCUT2D eigenvalue weighted by atomic mass is 9.98. The number of rotatable bonds is 6. The summed E-state index contributed by atoms with van der Waals surface area (Å²) in [5.41, 5.74) is 0. The third kappa shape index (κ3) is 6.41. The van der Waals surface area contributed by atoms with Crippen molar-refractivity contribution in [1.82, 2.24) is 0 Å². The van der Waals surface area contributed by atoms with Gasteiger partial charge in [-0.2, -0.15) is 5.26 Å². The zero-order valence-electron chi connectivity index (χ0n) is 7.75. The van der Waals surface area contributed by atoms with Gasteiger partial charge in [0.2, 0.25) is 0 Å². The molecule has 0 aliphatic heterocycles. The van der Waals surface area contributed by atoms with Crippen molar-refractivity contribution in [3.63, 3.8) is 0 Å². The Labute approximate surface area is 83.8 Å². The standard InChI is InChI=1S/C9H14ClNO2/c1-2-3-4-8(7-11)5-6-9(12)13-10/h8H,2-6H2,1H3. The van der Waals surface area contributed by atoms with E-state index in [-0.39, 0.29) is 12.3 Å². The number of halogens is 1. The first-order valence-electron chi connectivity index (χ1n) is 4.45. The summed E-state index contributed by atoms with van der Waals surface area (Å²) in [5, 5.41) is 8.70. The SMILES string of the molecule is CCCCC(C#N)CCC(=O)OCl. The van der Waals surface area contributed by atoms with E-state index in [1.165, 1.54) is 0 Å². The number of unbranched alkanes of at least 4 members (excludes halogenated alkanes) is 1. The Balaban J connectivity index is 3.60. The van der Waals surface area contributed by atoms with Crippen molar-refractivity contribution in [1.29, 1.82) is 5.26 Å². The molecule has 0 aliphatic rings. The van der Waals surface area contributed by atoms with Crippen molar-refractivity contribution in [3.05, 3.63) is 0 Å². The Kier molecular flexibility index (Phi) is 7.42. The molecule has 0 aromatic rings. The van der Waals surface area contributed by atoms with Gasteiger partial charge in [-0.05, 0) is 12.8 Å². The van der Waals surface area contributed by atoms with Gasteiger partial charge in [0.25, 0.3) is 0 Å². The number of hydrogen-bond donors (Lipinski definition) is 0. The van der Waals surface area contributed by atoms with E-state index in [1.54, 1.807) is 0 Å². The minimum Gasteiger partial charge on any atom is -0.348 e. The van der Waals surface area contributed by atoms with E-state index in [0.717, 1.165) is 19.3 Å². The topological polar surface area (TPSA) is 50.1 Å². The number of carbonyl (C=O) groups is 1. The molecule has 1 atom stereocenters. The highest BCUT2D eigenvalue weighted by atomic mass is 35.5. The molecule has 0 N–H and O–H groups in total. The Bertz CT molecular complexity index is 189. The summed E-state index contributed by atoms with van der Waals surface area (Å²) in [5.74, 6) is -0.505. The average molecular weight is 204 g/mol. The fraction of sp³-hybridized carbons (Fsp3) is 0.778. The second-order valence-corrected chi connectivity index (χ2v) is 3.11. The number of carbonyl (C=O) groups excluding carboxylic acids is 1. The normalized spacial score (nSPS) is 11.8. The van der Waals surface area contributed by atoms with Crippen LogP contribution in [0.2, 0.25) is 0 Å². The largest absolute Gasteiger partial charge is 0.348 e. The van der Waals surface area contributed by atoms with Gasteiger partial charge in [0.1, 0.15) is 11.9 Å². The van der Waals surface area contributed by atoms with Gasteiger partial charge in [-0.15, -0.1) is 0 Å². The first kappa shape index (κ1) is 12.2. The van der Waals surface area contributed by atoms with Crippen LogP contribution >= 0.6 is 11.9 Å². The van der Waals surface area contributed by atoms with Crippen LogP contribution in [0.1, 0.15) is 39.0 Å². The maximum atomic E-state index is 10.6. The Morgan fingerprint density at radius 2 is 2.31 bits per heavy atom. The predicted octanol–water partition coefficient (Wildman–Crippen LogP) is 2.79. The minimum atomic E-state index is -0.460. The Morgan fingerprint density at radius 1 is 1.62 bits per heavy atom. The van der Waals surface area contributed by atoms with Crippen LogP contribution < -0.4 is 0 Å². The van der Waals surface area contributed by atoms with Crippen LogP contribution in [0.15, 0.2) is 0 Å². The van der Waals surface area contributed by atoms with Gasteiger partial charge < -0.3 is 4.29 Å². The molecule has 0 aromatic heterocycles. The maximum absolute atomic E-state index is 10.6. The maximum Gasteiger partial charge on any atom is 0.324 e. The third-order valence-electron chi connectivity index (χ3n) is 1.87. The molecule has 0 rings (SSSR count). The number of nitrogens with zero attached hydrogens (tertiary/aromatic N) is 1. The molecule has 1 unspecified atom stereocenters. The van der Waals surface area contributed by atoms with Gasteiger partial charge in [0.15, 0.2) is 0 Å². The molecule has 0 bridgehead atoms. The van der Waals surface area contributed by atoms with Crippen molar-refractivity contribution in [2.45, 2.75) is 39.0 Å². The van der Waals surface area contributed by atoms with E-state index in [2.05, 4.69) is 17.3 Å². The predicted molar refractivity (Wildman–Crippen MR) is 49.8 cm³/mol. The third-order valence-corrected chi connectivity index (χ3v) is 2.04. The van der Waals surface area contributed by atoms with Crippen molar-refractivity contribution in [3.8, 4) is 6.07 Å². The summed E-state index contributed by atoms with van der Waals surface area (Å²) in [6.07, 6.45) is 3.71. The fourth-order valence-corrected chi connectivity index (χ4v) is 1.13. The highest BCUT2D eigenvalue weighted by Crippen LogP contribution is 2.14. The summed E-state index contributed by atoms with van der Waals surface area (Å²) in [6, 6.07) is 2.17. The molecule has 4 heteroatoms. The van der Waals surface area contributed by atoms with E-state index in [0.29, 0.717) is 6.42 Å². The van der Waals surface area contributed by atoms with Gasteiger partial charge in [0, 0.05) is 12.3 Å². The second-order valence-electron chi connectivity index (χ2n) is 2.96. The zero-order valence-corrected chi connectivity index (χ0v) is 8.51. The highest BCUT2D eigenvalue weighted by Gasteiger charge is 2.10. The van der Waals surface area contributed by atoms with Crippen LogP contribution in [-0.2, 0) is 9.08 Å². The number of hydrogen-bond acceptors (Lipinski definition) is 3. The van der Waals surface area contributed by atoms with Crippen LogP contribution in [-0.4, -0.2) is 5.97 Å². The monoisotopic (exact) mass is 203 g/mol. The summed E-state index contributed by atoms with van der Waals surface area (Å²) in [4.78, 5) is 10.6. The molecule has 13 heavy (non-hydrogen) atoms. The molecule has 0 saturated carbocycles. The van der Waals surface area contributed by atoms with Crippen molar-refractivity contribution >= 4 is 17.8 Å². The van der Waals surface area contributed by atoms with Crippen molar-refractivity contribution in [2.75, 3.05) is 0 Å². The summed E-state index contributed by atoms with van der Waals surface area (Å²) in [7, 11) is 0. The number of nitriles is 1. The Morgan fingerprint density at radius 3 is 2.77 bits per heavy atom. The first-order valence-corrected chi connectivity index (χ1v) is 4.76. The molecule has 0 aliphatic carbocycles. The van der Waals surface area contributed by atoms with Gasteiger partial charge in [-0.1, -0.05) is 19.8 Å². The van der Waals surface area contributed by atoms with E-state index in [1.807, 2.05) is 0 Å². The fourth-order valence-electron chi connectivity index (χ4n) is 1.05. The molecule has 0 aromatic carbocycles. The zero-order chi connectivity index (χ0) is 10.1. The molecule has 0 fully saturated rings. The van der Waals surface area contributed by atoms with Crippen molar-refractivity contribution in [2.24, 2.45) is 5.92 Å². The van der Waals surface area contributed by atoms with Crippen molar-refractivity contribution < 1.29 is 9.08 Å². The molecular formula is C9H14ClNO2. The molecule has 0 spiro atoms. The lowest BCUT2D eigenvalue weighted by Gasteiger charge is -2.05. The van der Waals surface area contributed by atoms with Gasteiger partial charge in [-0.25, -0.2) is 0 Å². The minimum absolute atomic E-state index is 0.0456. The van der Waals surface area contributed by atoms with Crippen LogP contribution in [0.4, 0.5) is 0 Å². The highest BCUT2D eigenvalue weighted by molar-refractivity contribution is 6.13. The van der Waals surface area contributed by atoms with Gasteiger partial charge in [-0.3, -0.25) is 4.79 Å². The smallest absolute Gasteiger partial charge is 0.324 e. The average Bonchev–Trinajstić information content (AvgIpc) is 2.17. The quantitative estimate of drug-likeness (QED) is 0.667. The molecule has 3 nitrogen and oxygen atoms in total. The molecule has 0 radical (unpaired) electrons. The van der Waals surface area contributed by atoms with Gasteiger partial charge in [0.05, 0.1) is 6.07 Å². The molecule has 0 amide bonds. The Hall–Kier alpha value is -0.750. The lowest BCUT2D eigenvalue weighted by molar-refractivity contribution is -0.134. The summed E-state index contributed by atoms with van der Waals surface area (Å²) in [6.45, 7) is 2.07. The molecule has 0 heterocycles. The summed E-state index contributed by atoms with van der Waals surface area (Å²) < 4.78 is 3.97. The molecular weight excluding hydrogens is 190 g/mol. The summed E-state index contributed by atoms with van der Waals surface area (Å²) >= 11 is 4.85. The van der Waals surface area contributed by atoms with Crippen LogP contribution in [0.3, 0.4) is 0 Å². The van der Waals surface area contributed by atoms with E-state index >= 15 is 0 Å². The second kappa shape index (κ2) is 7.88. The van der Waals surface area contributed by atoms with Crippen LogP contribution in [0.5, 0.6) is 0 Å². The molecule has 74 valence electrons. The first-order chi connectivity index (χ1) is 6.24.